The number of halogens is 1. The van der Waals surface area contributed by atoms with Gasteiger partial charge in [-0.3, -0.25) is 0 Å². The second-order valence-electron chi connectivity index (χ2n) is 4.49. The highest BCUT2D eigenvalue weighted by atomic mass is 35.5. The first-order valence-corrected chi connectivity index (χ1v) is 6.36. The summed E-state index contributed by atoms with van der Waals surface area (Å²) in [5.74, 6) is -0.328. The van der Waals surface area contributed by atoms with Crippen LogP contribution in [0, 0.1) is 13.8 Å². The summed E-state index contributed by atoms with van der Waals surface area (Å²) in [6.45, 7) is 4.03. The Labute approximate surface area is 118 Å². The second kappa shape index (κ2) is 5.45. The molecule has 98 valence electrons. The number of aryl methyl sites for hydroxylation is 2. The molecule has 0 fully saturated rings. The molecule has 2 aromatic rings. The Balaban J connectivity index is 2.57. The minimum atomic E-state index is -0.328. The van der Waals surface area contributed by atoms with Crippen LogP contribution in [0.2, 0.25) is 5.02 Å². The molecule has 0 aliphatic carbocycles. The van der Waals surface area contributed by atoms with Gasteiger partial charge in [-0.15, -0.1) is 0 Å². The molecular formula is C16H15ClO2. The quantitative estimate of drug-likeness (QED) is 0.758. The summed E-state index contributed by atoms with van der Waals surface area (Å²) in [4.78, 5) is 11.6. The van der Waals surface area contributed by atoms with Gasteiger partial charge in [-0.25, -0.2) is 4.79 Å². The zero-order valence-corrected chi connectivity index (χ0v) is 11.9. The third-order valence-corrected chi connectivity index (χ3v) is 3.29. The molecule has 19 heavy (non-hydrogen) atoms. The molecule has 0 aliphatic rings. The molecule has 0 N–H and O–H groups in total. The van der Waals surface area contributed by atoms with E-state index in [1.807, 2.05) is 44.2 Å². The highest BCUT2D eigenvalue weighted by Crippen LogP contribution is 2.30. The Hall–Kier alpha value is -1.80. The standard InChI is InChI=1S/C16H15ClO2/c1-10-7-14(17)8-11(2)15(10)12-5-4-6-13(9-12)16(18)19-3/h4-9H,1-3H3. The molecule has 2 rings (SSSR count). The number of ether oxygens (including phenoxy) is 1. The van der Waals surface area contributed by atoms with E-state index in [-0.39, 0.29) is 5.97 Å². The lowest BCUT2D eigenvalue weighted by Gasteiger charge is -2.11. The number of rotatable bonds is 2. The molecule has 0 atom stereocenters. The number of carbonyl (C=O) groups excluding carboxylic acids is 1. The van der Waals surface area contributed by atoms with Crippen molar-refractivity contribution >= 4 is 17.6 Å². The van der Waals surface area contributed by atoms with Gasteiger partial charge >= 0.3 is 5.97 Å². The maximum atomic E-state index is 11.6. The molecule has 2 aromatic carbocycles. The summed E-state index contributed by atoms with van der Waals surface area (Å²) in [6, 6.07) is 11.3. The van der Waals surface area contributed by atoms with Crippen molar-refractivity contribution in [2.75, 3.05) is 7.11 Å². The molecular weight excluding hydrogens is 260 g/mol. The van der Waals surface area contributed by atoms with E-state index < -0.39 is 0 Å². The molecule has 0 aliphatic heterocycles. The lowest BCUT2D eigenvalue weighted by Crippen LogP contribution is -2.01. The molecule has 3 heteroatoms. The Morgan fingerprint density at radius 1 is 1.11 bits per heavy atom. The van der Waals surface area contributed by atoms with Crippen LogP contribution < -0.4 is 0 Å². The van der Waals surface area contributed by atoms with E-state index in [4.69, 9.17) is 16.3 Å². The van der Waals surface area contributed by atoms with Gasteiger partial charge in [0.15, 0.2) is 0 Å². The van der Waals surface area contributed by atoms with E-state index in [2.05, 4.69) is 0 Å². The second-order valence-corrected chi connectivity index (χ2v) is 4.92. The first-order chi connectivity index (χ1) is 9.02. The van der Waals surface area contributed by atoms with Gasteiger partial charge in [0.05, 0.1) is 12.7 Å². The molecule has 0 amide bonds. The zero-order valence-electron chi connectivity index (χ0n) is 11.2. The maximum absolute atomic E-state index is 11.6. The van der Waals surface area contributed by atoms with Gasteiger partial charge in [0.25, 0.3) is 0 Å². The van der Waals surface area contributed by atoms with Crippen molar-refractivity contribution in [2.45, 2.75) is 13.8 Å². The predicted molar refractivity (Wildman–Crippen MR) is 77.7 cm³/mol. The summed E-state index contributed by atoms with van der Waals surface area (Å²) in [6.07, 6.45) is 0. The first-order valence-electron chi connectivity index (χ1n) is 5.98. The number of hydrogen-bond donors (Lipinski definition) is 0. The summed E-state index contributed by atoms with van der Waals surface area (Å²) < 4.78 is 4.75. The van der Waals surface area contributed by atoms with Crippen LogP contribution in [0.1, 0.15) is 21.5 Å². The lowest BCUT2D eigenvalue weighted by atomic mass is 9.94. The minimum Gasteiger partial charge on any atom is -0.465 e. The maximum Gasteiger partial charge on any atom is 0.337 e. The molecule has 0 radical (unpaired) electrons. The highest BCUT2D eigenvalue weighted by molar-refractivity contribution is 6.30. The van der Waals surface area contributed by atoms with Crippen LogP contribution in [-0.4, -0.2) is 13.1 Å². The van der Waals surface area contributed by atoms with Crippen LogP contribution in [0.3, 0.4) is 0 Å². The molecule has 0 saturated carbocycles. The molecule has 0 saturated heterocycles. The fraction of sp³-hybridized carbons (Fsp3) is 0.188. The number of esters is 1. The third kappa shape index (κ3) is 2.79. The van der Waals surface area contributed by atoms with Gasteiger partial charge in [-0.1, -0.05) is 23.7 Å². The van der Waals surface area contributed by atoms with E-state index >= 15 is 0 Å². The molecule has 0 unspecified atom stereocenters. The summed E-state index contributed by atoms with van der Waals surface area (Å²) >= 11 is 6.04. The monoisotopic (exact) mass is 274 g/mol. The number of benzene rings is 2. The molecule has 0 heterocycles. The van der Waals surface area contributed by atoms with Gasteiger partial charge in [-0.2, -0.15) is 0 Å². The van der Waals surface area contributed by atoms with E-state index in [0.717, 1.165) is 27.3 Å². The average molecular weight is 275 g/mol. The number of methoxy groups -OCH3 is 1. The Morgan fingerprint density at radius 2 is 1.74 bits per heavy atom. The van der Waals surface area contributed by atoms with Crippen LogP contribution in [-0.2, 0) is 4.74 Å². The van der Waals surface area contributed by atoms with Crippen molar-refractivity contribution in [3.8, 4) is 11.1 Å². The SMILES string of the molecule is COC(=O)c1cccc(-c2c(C)cc(Cl)cc2C)c1. The average Bonchev–Trinajstić information content (AvgIpc) is 2.37. The Kier molecular flexibility index (Phi) is 3.91. The van der Waals surface area contributed by atoms with Crippen LogP contribution in [0.5, 0.6) is 0 Å². The predicted octanol–water partition coefficient (Wildman–Crippen LogP) is 4.41. The van der Waals surface area contributed by atoms with Gasteiger partial charge in [0, 0.05) is 5.02 Å². The normalized spacial score (nSPS) is 10.3. The van der Waals surface area contributed by atoms with Crippen LogP contribution in [0.25, 0.3) is 11.1 Å². The van der Waals surface area contributed by atoms with Gasteiger partial charge < -0.3 is 4.74 Å². The highest BCUT2D eigenvalue weighted by Gasteiger charge is 2.10. The lowest BCUT2D eigenvalue weighted by molar-refractivity contribution is 0.0601. The molecule has 2 nitrogen and oxygen atoms in total. The molecule has 0 spiro atoms. The summed E-state index contributed by atoms with van der Waals surface area (Å²) in [5.41, 5.74) is 4.83. The van der Waals surface area contributed by atoms with Crippen molar-refractivity contribution in [1.29, 1.82) is 0 Å². The Bertz CT molecular complexity index is 609. The third-order valence-electron chi connectivity index (χ3n) is 3.07. The van der Waals surface area contributed by atoms with Crippen molar-refractivity contribution in [1.82, 2.24) is 0 Å². The number of carbonyl (C=O) groups is 1. The fourth-order valence-corrected chi connectivity index (χ4v) is 2.61. The van der Waals surface area contributed by atoms with Crippen LogP contribution >= 0.6 is 11.6 Å². The van der Waals surface area contributed by atoms with E-state index in [1.165, 1.54) is 7.11 Å². The fourth-order valence-electron chi connectivity index (χ4n) is 2.29. The van der Waals surface area contributed by atoms with Crippen molar-refractivity contribution < 1.29 is 9.53 Å². The molecule has 0 aromatic heterocycles. The van der Waals surface area contributed by atoms with Crippen LogP contribution in [0.4, 0.5) is 0 Å². The smallest absolute Gasteiger partial charge is 0.337 e. The van der Waals surface area contributed by atoms with Crippen molar-refractivity contribution in [2.24, 2.45) is 0 Å². The van der Waals surface area contributed by atoms with Crippen molar-refractivity contribution in [3.05, 3.63) is 58.1 Å². The number of hydrogen-bond acceptors (Lipinski definition) is 2. The van der Waals surface area contributed by atoms with Crippen molar-refractivity contribution in [3.63, 3.8) is 0 Å². The minimum absolute atomic E-state index is 0.328. The van der Waals surface area contributed by atoms with Gasteiger partial charge in [0.1, 0.15) is 0 Å². The Morgan fingerprint density at radius 3 is 2.32 bits per heavy atom. The zero-order chi connectivity index (χ0) is 14.0. The van der Waals surface area contributed by atoms with Gasteiger partial charge in [-0.05, 0) is 60.4 Å². The van der Waals surface area contributed by atoms with Gasteiger partial charge in [0.2, 0.25) is 0 Å². The topological polar surface area (TPSA) is 26.3 Å². The van der Waals surface area contributed by atoms with Crippen LogP contribution in [0.15, 0.2) is 36.4 Å². The summed E-state index contributed by atoms with van der Waals surface area (Å²) in [5, 5.41) is 0.725. The van der Waals surface area contributed by atoms with E-state index in [1.54, 1.807) is 6.07 Å². The van der Waals surface area contributed by atoms with E-state index in [0.29, 0.717) is 5.56 Å². The first kappa shape index (κ1) is 13.6. The largest absolute Gasteiger partial charge is 0.465 e. The molecule has 0 bridgehead atoms. The van der Waals surface area contributed by atoms with E-state index in [9.17, 15) is 4.79 Å². The summed E-state index contributed by atoms with van der Waals surface area (Å²) in [7, 11) is 1.38.